The number of aryl methyl sites for hydroxylation is 1. The van der Waals surface area contributed by atoms with Crippen molar-refractivity contribution >= 4 is 51.7 Å². The van der Waals surface area contributed by atoms with Crippen molar-refractivity contribution in [3.05, 3.63) is 44.7 Å². The lowest BCUT2D eigenvalue weighted by Gasteiger charge is -2.15. The Morgan fingerprint density at radius 1 is 1.52 bits per heavy atom. The fourth-order valence-corrected chi connectivity index (χ4v) is 4.17. The average Bonchev–Trinajstić information content (AvgIpc) is 3.26. The van der Waals surface area contributed by atoms with Gasteiger partial charge in [0, 0.05) is 19.3 Å². The molecule has 0 unspecified atom stereocenters. The van der Waals surface area contributed by atoms with Crippen molar-refractivity contribution in [3.8, 4) is 0 Å². The molecule has 7 nitrogen and oxygen atoms in total. The van der Waals surface area contributed by atoms with Crippen molar-refractivity contribution in [2.24, 2.45) is 0 Å². The Bertz CT molecular complexity index is 1030. The van der Waals surface area contributed by atoms with Crippen LogP contribution in [0.15, 0.2) is 28.0 Å². The number of nitrogens with zero attached hydrogens (tertiary/aromatic N) is 2. The molecule has 27 heavy (non-hydrogen) atoms. The molecule has 1 amide bonds. The first-order valence-corrected chi connectivity index (χ1v) is 9.88. The number of rotatable bonds is 4. The van der Waals surface area contributed by atoms with Gasteiger partial charge in [0.25, 0.3) is 11.5 Å². The topological polar surface area (TPSA) is 84.7 Å². The number of nitrogens with one attached hydrogen (secondary N) is 2. The zero-order valence-corrected chi connectivity index (χ0v) is 16.3. The van der Waals surface area contributed by atoms with Crippen molar-refractivity contribution in [1.29, 1.82) is 0 Å². The second-order valence-corrected chi connectivity index (χ2v) is 8.15. The first-order valence-electron chi connectivity index (χ1n) is 8.65. The van der Waals surface area contributed by atoms with Gasteiger partial charge in [0.15, 0.2) is 0 Å². The minimum Gasteiger partial charge on any atom is -0.376 e. The van der Waals surface area contributed by atoms with Gasteiger partial charge in [-0.15, -0.1) is 0 Å². The Morgan fingerprint density at radius 3 is 3.07 bits per heavy atom. The number of amides is 1. The van der Waals surface area contributed by atoms with E-state index in [9.17, 15) is 9.59 Å². The van der Waals surface area contributed by atoms with E-state index in [2.05, 4.69) is 15.6 Å². The first kappa shape index (κ1) is 18.1. The zero-order valence-electron chi connectivity index (χ0n) is 14.7. The third-order valence-corrected chi connectivity index (χ3v) is 5.69. The Morgan fingerprint density at radius 2 is 2.37 bits per heavy atom. The molecule has 0 radical (unpaired) electrons. The molecule has 0 bridgehead atoms. The molecule has 1 atom stereocenters. The molecule has 0 saturated carbocycles. The van der Waals surface area contributed by atoms with E-state index >= 15 is 0 Å². The third kappa shape index (κ3) is 3.62. The SMILES string of the molecule is Cc1cccn2c(=O)c(/C=C3\SC(=S)NC3=O)c(NC[C@H]3CCCO3)nc12. The average molecular weight is 403 g/mol. The zero-order chi connectivity index (χ0) is 19.0. The summed E-state index contributed by atoms with van der Waals surface area (Å²) < 4.78 is 7.52. The molecular formula is C18H18N4O3S2. The van der Waals surface area contributed by atoms with Gasteiger partial charge < -0.3 is 15.4 Å². The summed E-state index contributed by atoms with van der Waals surface area (Å²) in [7, 11) is 0. The minimum atomic E-state index is -0.302. The molecule has 140 valence electrons. The lowest BCUT2D eigenvalue weighted by molar-refractivity contribution is -0.115. The van der Waals surface area contributed by atoms with Gasteiger partial charge in [0.05, 0.1) is 16.6 Å². The van der Waals surface area contributed by atoms with Crippen LogP contribution < -0.4 is 16.2 Å². The molecule has 4 rings (SSSR count). The number of hydrogen-bond donors (Lipinski definition) is 2. The highest BCUT2D eigenvalue weighted by atomic mass is 32.2. The smallest absolute Gasteiger partial charge is 0.267 e. The largest absolute Gasteiger partial charge is 0.376 e. The third-order valence-electron chi connectivity index (χ3n) is 4.52. The number of fused-ring (bicyclic) bond motifs is 1. The molecule has 2 saturated heterocycles. The summed E-state index contributed by atoms with van der Waals surface area (Å²) in [5, 5.41) is 5.81. The van der Waals surface area contributed by atoms with Crippen LogP contribution in [0.5, 0.6) is 0 Å². The van der Waals surface area contributed by atoms with Gasteiger partial charge in [0.1, 0.15) is 15.8 Å². The number of ether oxygens (including phenoxy) is 1. The molecule has 2 aliphatic heterocycles. The predicted octanol–water partition coefficient (Wildman–Crippen LogP) is 2.08. The van der Waals surface area contributed by atoms with E-state index in [1.165, 1.54) is 4.40 Å². The van der Waals surface area contributed by atoms with E-state index in [1.54, 1.807) is 18.3 Å². The van der Waals surface area contributed by atoms with Crippen molar-refractivity contribution in [3.63, 3.8) is 0 Å². The van der Waals surface area contributed by atoms with Gasteiger partial charge in [-0.05, 0) is 37.5 Å². The van der Waals surface area contributed by atoms with E-state index in [0.717, 1.165) is 36.8 Å². The predicted molar refractivity (Wildman–Crippen MR) is 110 cm³/mol. The highest BCUT2D eigenvalue weighted by Gasteiger charge is 2.24. The van der Waals surface area contributed by atoms with Crippen molar-refractivity contribution in [2.75, 3.05) is 18.5 Å². The van der Waals surface area contributed by atoms with E-state index in [1.807, 2.05) is 13.0 Å². The van der Waals surface area contributed by atoms with E-state index in [4.69, 9.17) is 17.0 Å². The Hall–Kier alpha value is -2.23. The summed E-state index contributed by atoms with van der Waals surface area (Å²) in [5.74, 6) is 0.146. The molecule has 0 aromatic carbocycles. The first-order chi connectivity index (χ1) is 13.0. The van der Waals surface area contributed by atoms with E-state index < -0.39 is 0 Å². The van der Waals surface area contributed by atoms with Crippen LogP contribution in [0.25, 0.3) is 11.7 Å². The van der Waals surface area contributed by atoms with Crippen LogP contribution in [0.2, 0.25) is 0 Å². The van der Waals surface area contributed by atoms with Crippen LogP contribution in [0.3, 0.4) is 0 Å². The van der Waals surface area contributed by atoms with Gasteiger partial charge in [-0.3, -0.25) is 14.0 Å². The lowest BCUT2D eigenvalue weighted by atomic mass is 10.2. The number of pyridine rings is 1. The van der Waals surface area contributed by atoms with Gasteiger partial charge in [0.2, 0.25) is 0 Å². The lowest BCUT2D eigenvalue weighted by Crippen LogP contribution is -2.25. The van der Waals surface area contributed by atoms with Crippen molar-refractivity contribution < 1.29 is 9.53 Å². The Labute approximate surface area is 165 Å². The monoisotopic (exact) mass is 402 g/mol. The molecule has 2 fully saturated rings. The number of carbonyl (C=O) groups is 1. The maximum absolute atomic E-state index is 13.1. The van der Waals surface area contributed by atoms with Gasteiger partial charge in [-0.2, -0.15) is 0 Å². The molecule has 0 spiro atoms. The molecule has 2 aromatic rings. The summed E-state index contributed by atoms with van der Waals surface area (Å²) in [5.41, 5.74) is 1.57. The van der Waals surface area contributed by atoms with Crippen molar-refractivity contribution in [1.82, 2.24) is 14.7 Å². The maximum atomic E-state index is 13.1. The molecule has 2 aliphatic rings. The second kappa shape index (κ2) is 7.41. The van der Waals surface area contributed by atoms with Crippen LogP contribution >= 0.6 is 24.0 Å². The van der Waals surface area contributed by atoms with Gasteiger partial charge >= 0.3 is 0 Å². The standard InChI is InChI=1S/C18H18N4O3S2/c1-10-4-2-6-22-15(10)20-14(19-9-11-5-3-7-25-11)12(17(22)24)8-13-16(23)21-18(26)27-13/h2,4,6,8,11,19H,3,5,7,9H2,1H3,(H,21,23,26)/b13-8-/t11-/m1/s1. The van der Waals surface area contributed by atoms with Crippen LogP contribution in [-0.2, 0) is 9.53 Å². The van der Waals surface area contributed by atoms with Crippen LogP contribution in [-0.4, -0.2) is 38.9 Å². The van der Waals surface area contributed by atoms with Gasteiger partial charge in [-0.25, -0.2) is 4.98 Å². The molecule has 2 N–H and O–H groups in total. The quantitative estimate of drug-likeness (QED) is 0.598. The summed E-state index contributed by atoms with van der Waals surface area (Å²) in [6.45, 7) is 3.22. The number of carbonyl (C=O) groups excluding carboxylic acids is 1. The highest BCUT2D eigenvalue weighted by molar-refractivity contribution is 8.26. The van der Waals surface area contributed by atoms with Crippen molar-refractivity contribution in [2.45, 2.75) is 25.9 Å². The van der Waals surface area contributed by atoms with Crippen LogP contribution in [0.4, 0.5) is 5.82 Å². The minimum absolute atomic E-state index is 0.0966. The molecule has 9 heteroatoms. The molecule has 0 aliphatic carbocycles. The fraction of sp³-hybridized carbons (Fsp3) is 0.333. The van der Waals surface area contributed by atoms with Crippen LogP contribution in [0, 0.1) is 6.92 Å². The van der Waals surface area contributed by atoms with E-state index in [0.29, 0.717) is 32.8 Å². The number of aromatic nitrogens is 2. The fourth-order valence-electron chi connectivity index (χ4n) is 3.14. The number of hydrogen-bond acceptors (Lipinski definition) is 7. The maximum Gasteiger partial charge on any atom is 0.267 e. The second-order valence-electron chi connectivity index (χ2n) is 6.43. The molecule has 4 heterocycles. The Kier molecular flexibility index (Phi) is 4.98. The normalized spacial score (nSPS) is 21.2. The summed E-state index contributed by atoms with van der Waals surface area (Å²) in [6.07, 6.45) is 5.34. The number of thioether (sulfide) groups is 1. The number of anilines is 1. The van der Waals surface area contributed by atoms with Gasteiger partial charge in [-0.1, -0.05) is 30.0 Å². The number of thiocarbonyl (C=S) groups is 1. The summed E-state index contributed by atoms with van der Waals surface area (Å²) >= 11 is 6.17. The Balaban J connectivity index is 1.81. The molecule has 2 aromatic heterocycles. The highest BCUT2D eigenvalue weighted by Crippen LogP contribution is 2.27. The summed E-state index contributed by atoms with van der Waals surface area (Å²) in [4.78, 5) is 30.2. The summed E-state index contributed by atoms with van der Waals surface area (Å²) in [6, 6.07) is 3.70. The van der Waals surface area contributed by atoms with E-state index in [-0.39, 0.29) is 17.6 Å². The molecular weight excluding hydrogens is 384 g/mol. The van der Waals surface area contributed by atoms with Crippen LogP contribution in [0.1, 0.15) is 24.0 Å².